The van der Waals surface area contributed by atoms with Crippen LogP contribution in [0.25, 0.3) is 28.0 Å². The fourth-order valence-electron chi connectivity index (χ4n) is 3.06. The monoisotopic (exact) mass is 441 g/mol. The van der Waals surface area contributed by atoms with E-state index in [1.54, 1.807) is 18.2 Å². The van der Waals surface area contributed by atoms with Crippen molar-refractivity contribution in [3.8, 4) is 22.4 Å². The van der Waals surface area contributed by atoms with Crippen molar-refractivity contribution in [1.82, 2.24) is 14.6 Å². The number of rotatable bonds is 2. The van der Waals surface area contributed by atoms with Crippen LogP contribution in [0.15, 0.2) is 60.7 Å². The van der Waals surface area contributed by atoms with Crippen LogP contribution < -0.4 is 0 Å². The highest BCUT2D eigenvalue weighted by Crippen LogP contribution is 2.41. The van der Waals surface area contributed by atoms with E-state index in [0.29, 0.717) is 11.6 Å². The fourth-order valence-corrected chi connectivity index (χ4v) is 3.18. The molecule has 4 aromatic rings. The average Bonchev–Trinajstić information content (AvgIpc) is 3.07. The van der Waals surface area contributed by atoms with Gasteiger partial charge in [0.15, 0.2) is 17.0 Å². The van der Waals surface area contributed by atoms with Gasteiger partial charge < -0.3 is 0 Å². The number of fused-ring (bicyclic) bond motifs is 1. The molecule has 154 valence electrons. The molecule has 0 fully saturated rings. The van der Waals surface area contributed by atoms with E-state index in [0.717, 1.165) is 0 Å². The Morgan fingerprint density at radius 1 is 0.767 bits per heavy atom. The van der Waals surface area contributed by atoms with Gasteiger partial charge in [-0.15, -0.1) is 0 Å². The van der Waals surface area contributed by atoms with Crippen molar-refractivity contribution in [3.63, 3.8) is 0 Å². The van der Waals surface area contributed by atoms with Crippen molar-refractivity contribution in [1.29, 1.82) is 0 Å². The molecule has 0 radical (unpaired) electrons. The van der Waals surface area contributed by atoms with Gasteiger partial charge in [0.05, 0.1) is 11.3 Å². The molecule has 2 heterocycles. The second kappa shape index (κ2) is 7.02. The Labute approximate surface area is 170 Å². The zero-order chi connectivity index (χ0) is 21.7. The molecule has 0 aliphatic heterocycles. The van der Waals surface area contributed by atoms with Gasteiger partial charge in [0, 0.05) is 10.6 Å². The van der Waals surface area contributed by atoms with E-state index in [1.165, 1.54) is 36.4 Å². The first-order valence-electron chi connectivity index (χ1n) is 8.45. The highest BCUT2D eigenvalue weighted by atomic mass is 35.5. The molecule has 0 aliphatic rings. The predicted molar refractivity (Wildman–Crippen MR) is 98.9 cm³/mol. The molecular weight excluding hydrogens is 432 g/mol. The smallest absolute Gasteiger partial charge is 0.228 e. The summed E-state index contributed by atoms with van der Waals surface area (Å²) in [5, 5.41) is 3.52. The van der Waals surface area contributed by atoms with Gasteiger partial charge in [-0.1, -0.05) is 54.1 Å². The first-order valence-corrected chi connectivity index (χ1v) is 8.83. The van der Waals surface area contributed by atoms with Gasteiger partial charge in [-0.2, -0.15) is 31.4 Å². The van der Waals surface area contributed by atoms with Crippen molar-refractivity contribution in [3.05, 3.63) is 77.1 Å². The van der Waals surface area contributed by atoms with E-state index < -0.39 is 35.0 Å². The number of nitrogens with zero attached hydrogens (tertiary/aromatic N) is 3. The summed E-state index contributed by atoms with van der Waals surface area (Å²) in [5.74, 6) is 0. The number of hydrogen-bond acceptors (Lipinski definition) is 2. The standard InChI is InChI=1S/C20H10ClF6N3/c21-13-8-6-12(7-9-13)16-17(20(25,26)27)29-30-15(19(22,23)24)10-14(28-18(16)30)11-4-2-1-3-5-11/h1-10H. The summed E-state index contributed by atoms with van der Waals surface area (Å²) in [7, 11) is 0. The summed E-state index contributed by atoms with van der Waals surface area (Å²) >= 11 is 5.80. The fraction of sp³-hybridized carbons (Fsp3) is 0.100. The molecule has 0 atom stereocenters. The van der Waals surface area contributed by atoms with Crippen LogP contribution in [0.4, 0.5) is 26.3 Å². The Balaban J connectivity index is 2.13. The van der Waals surface area contributed by atoms with Gasteiger partial charge in [0.25, 0.3) is 0 Å². The number of hydrogen-bond donors (Lipinski definition) is 0. The largest absolute Gasteiger partial charge is 0.435 e. The lowest BCUT2D eigenvalue weighted by Crippen LogP contribution is -2.14. The molecule has 0 amide bonds. The number of benzene rings is 2. The molecule has 0 unspecified atom stereocenters. The summed E-state index contributed by atoms with van der Waals surface area (Å²) in [6.45, 7) is 0. The maximum absolute atomic E-state index is 13.7. The van der Waals surface area contributed by atoms with Gasteiger partial charge in [-0.05, 0) is 23.8 Å². The van der Waals surface area contributed by atoms with Crippen molar-refractivity contribution >= 4 is 17.2 Å². The van der Waals surface area contributed by atoms with E-state index in [1.807, 2.05) is 0 Å². The Morgan fingerprint density at radius 3 is 1.97 bits per heavy atom. The first kappa shape index (κ1) is 20.2. The van der Waals surface area contributed by atoms with E-state index >= 15 is 0 Å². The van der Waals surface area contributed by atoms with Crippen LogP contribution in [0.5, 0.6) is 0 Å². The highest BCUT2D eigenvalue weighted by molar-refractivity contribution is 6.30. The second-order valence-corrected chi connectivity index (χ2v) is 6.79. The lowest BCUT2D eigenvalue weighted by Gasteiger charge is -2.11. The molecular formula is C20H10ClF6N3. The molecule has 10 heteroatoms. The molecule has 4 rings (SSSR count). The second-order valence-electron chi connectivity index (χ2n) is 6.35. The summed E-state index contributed by atoms with van der Waals surface area (Å²) in [5.41, 5.74) is -3.75. The normalized spacial score (nSPS) is 12.5. The third kappa shape index (κ3) is 3.60. The first-order chi connectivity index (χ1) is 14.1. The van der Waals surface area contributed by atoms with Crippen LogP contribution in [0.1, 0.15) is 11.4 Å². The Kier molecular flexibility index (Phi) is 4.73. The summed E-state index contributed by atoms with van der Waals surface area (Å²) in [6, 6.07) is 13.8. The summed E-state index contributed by atoms with van der Waals surface area (Å²) in [4.78, 5) is 4.12. The lowest BCUT2D eigenvalue weighted by atomic mass is 10.0. The molecule has 2 aromatic carbocycles. The van der Waals surface area contributed by atoms with E-state index in [2.05, 4.69) is 10.1 Å². The van der Waals surface area contributed by atoms with E-state index in [4.69, 9.17) is 11.6 Å². The predicted octanol–water partition coefficient (Wildman–Crippen LogP) is 6.75. The van der Waals surface area contributed by atoms with E-state index in [9.17, 15) is 26.3 Å². The molecule has 0 N–H and O–H groups in total. The van der Waals surface area contributed by atoms with Crippen molar-refractivity contribution in [2.75, 3.05) is 0 Å². The van der Waals surface area contributed by atoms with Gasteiger partial charge in [-0.3, -0.25) is 0 Å². The summed E-state index contributed by atoms with van der Waals surface area (Å²) in [6.07, 6.45) is -9.96. The third-order valence-electron chi connectivity index (χ3n) is 4.35. The number of alkyl halides is 6. The van der Waals surface area contributed by atoms with Crippen LogP contribution in [0.3, 0.4) is 0 Å². The van der Waals surface area contributed by atoms with Gasteiger partial charge in [-0.25, -0.2) is 9.50 Å². The van der Waals surface area contributed by atoms with Crippen molar-refractivity contribution < 1.29 is 26.3 Å². The Hall–Kier alpha value is -3.07. The molecule has 3 nitrogen and oxygen atoms in total. The molecule has 0 bridgehead atoms. The van der Waals surface area contributed by atoms with Gasteiger partial charge in [0.2, 0.25) is 0 Å². The summed E-state index contributed by atoms with van der Waals surface area (Å²) < 4.78 is 82.4. The molecule has 0 saturated carbocycles. The maximum atomic E-state index is 13.7. The van der Waals surface area contributed by atoms with Crippen LogP contribution in [0, 0.1) is 0 Å². The van der Waals surface area contributed by atoms with E-state index in [-0.39, 0.29) is 20.8 Å². The number of aromatic nitrogens is 3. The molecule has 0 spiro atoms. The minimum atomic E-state index is -5.00. The van der Waals surface area contributed by atoms with Crippen LogP contribution in [0.2, 0.25) is 5.02 Å². The quantitative estimate of drug-likeness (QED) is 0.322. The third-order valence-corrected chi connectivity index (χ3v) is 4.60. The molecule has 0 aliphatic carbocycles. The van der Waals surface area contributed by atoms with Crippen molar-refractivity contribution in [2.24, 2.45) is 0 Å². The highest BCUT2D eigenvalue weighted by Gasteiger charge is 2.42. The molecule has 30 heavy (non-hydrogen) atoms. The maximum Gasteiger partial charge on any atom is 0.435 e. The minimum absolute atomic E-state index is 0.00689. The van der Waals surface area contributed by atoms with Gasteiger partial charge >= 0.3 is 12.4 Å². The SMILES string of the molecule is FC(F)(F)c1nn2c(C(F)(F)F)cc(-c3ccccc3)nc2c1-c1ccc(Cl)cc1. The topological polar surface area (TPSA) is 30.2 Å². The number of halogens is 7. The Bertz CT molecular complexity index is 1210. The van der Waals surface area contributed by atoms with Crippen LogP contribution in [-0.2, 0) is 12.4 Å². The lowest BCUT2D eigenvalue weighted by molar-refractivity contribution is -0.146. The van der Waals surface area contributed by atoms with Crippen LogP contribution in [-0.4, -0.2) is 14.6 Å². The molecule has 2 aromatic heterocycles. The van der Waals surface area contributed by atoms with Crippen molar-refractivity contribution in [2.45, 2.75) is 12.4 Å². The zero-order valence-corrected chi connectivity index (χ0v) is 15.5. The van der Waals surface area contributed by atoms with Crippen LogP contribution >= 0.6 is 11.6 Å². The average molecular weight is 442 g/mol. The Morgan fingerprint density at radius 2 is 1.40 bits per heavy atom. The van der Waals surface area contributed by atoms with Gasteiger partial charge in [0.1, 0.15) is 0 Å². The zero-order valence-electron chi connectivity index (χ0n) is 14.8. The minimum Gasteiger partial charge on any atom is -0.228 e. The molecule has 0 saturated heterocycles.